The minimum absolute atomic E-state index is 0.0381. The van der Waals surface area contributed by atoms with Crippen LogP contribution in [0.5, 0.6) is 0 Å². The Hall–Kier alpha value is -2.95. The molecular weight excluding hydrogens is 315 g/mol. The summed E-state index contributed by atoms with van der Waals surface area (Å²) >= 11 is 0. The van der Waals surface area contributed by atoms with Crippen LogP contribution < -0.4 is 5.32 Å². The van der Waals surface area contributed by atoms with Crippen LogP contribution in [0.2, 0.25) is 0 Å². The van der Waals surface area contributed by atoms with Crippen molar-refractivity contribution < 1.29 is 18.8 Å². The Balaban J connectivity index is 2.19. The summed E-state index contributed by atoms with van der Waals surface area (Å²) in [4.78, 5) is 38.8. The van der Waals surface area contributed by atoms with Gasteiger partial charge in [-0.05, 0) is 13.0 Å². The molecule has 0 saturated carbocycles. The Morgan fingerprint density at radius 1 is 1.42 bits per heavy atom. The van der Waals surface area contributed by atoms with Crippen LogP contribution >= 0.6 is 0 Å². The third-order valence-electron chi connectivity index (χ3n) is 3.97. The molecule has 1 aromatic carbocycles. The summed E-state index contributed by atoms with van der Waals surface area (Å²) in [6.45, 7) is 1.13. The van der Waals surface area contributed by atoms with E-state index in [9.17, 15) is 18.8 Å². The number of nitrogens with one attached hydrogen (secondary N) is 1. The molecule has 1 aliphatic heterocycles. The van der Waals surface area contributed by atoms with Crippen molar-refractivity contribution in [3.63, 3.8) is 0 Å². The number of likely N-dealkylation sites (N-methyl/N-ethyl adjacent to an activating group) is 1. The molecule has 126 valence electrons. The molecular formula is C16H17FN4O3. The van der Waals surface area contributed by atoms with Crippen molar-refractivity contribution in [3.05, 3.63) is 35.6 Å². The number of hydrogen-bond donors (Lipinski definition) is 1. The number of carbonyl (C=O) groups excluding carboxylic acids is 3. The molecule has 0 aliphatic carbocycles. The van der Waals surface area contributed by atoms with Crippen molar-refractivity contribution in [2.75, 3.05) is 20.1 Å². The normalized spacial score (nSPS) is 19.8. The van der Waals surface area contributed by atoms with E-state index in [2.05, 4.69) is 5.32 Å². The molecule has 1 saturated heterocycles. The van der Waals surface area contributed by atoms with Crippen LogP contribution in [0.4, 0.5) is 9.18 Å². The van der Waals surface area contributed by atoms with Crippen LogP contribution in [0.1, 0.15) is 18.9 Å². The number of rotatable bonds is 5. The first kappa shape index (κ1) is 17.4. The van der Waals surface area contributed by atoms with Gasteiger partial charge < -0.3 is 10.2 Å². The van der Waals surface area contributed by atoms with Crippen molar-refractivity contribution in [2.45, 2.75) is 18.9 Å². The van der Waals surface area contributed by atoms with Gasteiger partial charge in [0, 0.05) is 19.2 Å². The van der Waals surface area contributed by atoms with Gasteiger partial charge in [-0.2, -0.15) is 5.26 Å². The lowest BCUT2D eigenvalue weighted by Crippen LogP contribution is -2.44. The van der Waals surface area contributed by atoms with E-state index in [0.717, 1.165) is 4.90 Å². The average molecular weight is 332 g/mol. The highest BCUT2D eigenvalue weighted by Gasteiger charge is 2.50. The zero-order valence-electron chi connectivity index (χ0n) is 13.4. The van der Waals surface area contributed by atoms with E-state index in [1.165, 1.54) is 37.1 Å². The number of imide groups is 1. The van der Waals surface area contributed by atoms with Crippen molar-refractivity contribution in [1.82, 2.24) is 15.1 Å². The number of amides is 4. The van der Waals surface area contributed by atoms with E-state index in [-0.39, 0.29) is 18.5 Å². The Kier molecular flexibility index (Phi) is 4.83. The molecule has 1 fully saturated rings. The average Bonchev–Trinajstić information content (AvgIpc) is 2.76. The zero-order valence-corrected chi connectivity index (χ0v) is 13.4. The summed E-state index contributed by atoms with van der Waals surface area (Å²) in [5.74, 6) is -1.79. The second-order valence-corrected chi connectivity index (χ2v) is 5.65. The number of hydrogen-bond acceptors (Lipinski definition) is 4. The van der Waals surface area contributed by atoms with E-state index in [4.69, 9.17) is 5.26 Å². The number of nitriles is 1. The highest BCUT2D eigenvalue weighted by atomic mass is 19.1. The zero-order chi connectivity index (χ0) is 17.9. The van der Waals surface area contributed by atoms with Gasteiger partial charge in [-0.15, -0.1) is 0 Å². The fourth-order valence-corrected chi connectivity index (χ4v) is 2.49. The maximum absolute atomic E-state index is 14.0. The quantitative estimate of drug-likeness (QED) is 0.813. The van der Waals surface area contributed by atoms with Gasteiger partial charge >= 0.3 is 6.03 Å². The van der Waals surface area contributed by atoms with Crippen LogP contribution in [0, 0.1) is 17.1 Å². The monoisotopic (exact) mass is 332 g/mol. The Bertz CT molecular complexity index is 730. The molecule has 1 atom stereocenters. The molecule has 0 spiro atoms. The summed E-state index contributed by atoms with van der Waals surface area (Å²) in [5.41, 5.74) is -1.52. The second-order valence-electron chi connectivity index (χ2n) is 5.65. The molecule has 1 N–H and O–H groups in total. The van der Waals surface area contributed by atoms with Gasteiger partial charge in [0.1, 0.15) is 17.9 Å². The summed E-state index contributed by atoms with van der Waals surface area (Å²) < 4.78 is 14.0. The van der Waals surface area contributed by atoms with Crippen LogP contribution in [0.25, 0.3) is 0 Å². The number of benzene rings is 1. The van der Waals surface area contributed by atoms with Gasteiger partial charge in [-0.25, -0.2) is 9.18 Å². The fourth-order valence-electron chi connectivity index (χ4n) is 2.49. The topological polar surface area (TPSA) is 93.5 Å². The molecule has 2 rings (SSSR count). The van der Waals surface area contributed by atoms with Gasteiger partial charge in [0.15, 0.2) is 0 Å². The molecule has 0 unspecified atom stereocenters. The van der Waals surface area contributed by atoms with Gasteiger partial charge in [0.05, 0.1) is 12.5 Å². The summed E-state index contributed by atoms with van der Waals surface area (Å²) in [5, 5.41) is 11.0. The van der Waals surface area contributed by atoms with E-state index >= 15 is 0 Å². The van der Waals surface area contributed by atoms with E-state index < -0.39 is 35.7 Å². The molecule has 8 heteroatoms. The lowest BCUT2D eigenvalue weighted by Gasteiger charge is -2.23. The summed E-state index contributed by atoms with van der Waals surface area (Å²) in [6.07, 6.45) is 0.148. The maximum atomic E-state index is 14.0. The highest BCUT2D eigenvalue weighted by molar-refractivity contribution is 6.09. The molecule has 1 aromatic rings. The second kappa shape index (κ2) is 6.66. The van der Waals surface area contributed by atoms with Crippen LogP contribution in [0.3, 0.4) is 0 Å². The highest BCUT2D eigenvalue weighted by Crippen LogP contribution is 2.30. The van der Waals surface area contributed by atoms with Crippen LogP contribution in [-0.2, 0) is 15.1 Å². The van der Waals surface area contributed by atoms with Gasteiger partial charge in [-0.3, -0.25) is 14.5 Å². The molecule has 0 bridgehead atoms. The lowest BCUT2D eigenvalue weighted by atomic mass is 9.91. The summed E-state index contributed by atoms with van der Waals surface area (Å²) in [7, 11) is 1.48. The maximum Gasteiger partial charge on any atom is 0.325 e. The van der Waals surface area contributed by atoms with Crippen molar-refractivity contribution in [3.8, 4) is 6.07 Å². The van der Waals surface area contributed by atoms with E-state index in [0.29, 0.717) is 0 Å². The molecule has 1 aliphatic rings. The number of nitrogens with zero attached hydrogens (tertiary/aromatic N) is 3. The minimum atomic E-state index is -1.56. The van der Waals surface area contributed by atoms with Gasteiger partial charge in [0.2, 0.25) is 5.91 Å². The Morgan fingerprint density at radius 2 is 2.08 bits per heavy atom. The first-order valence-electron chi connectivity index (χ1n) is 7.31. The Labute approximate surface area is 138 Å². The molecule has 1 heterocycles. The number of carbonyl (C=O) groups is 3. The third-order valence-corrected chi connectivity index (χ3v) is 3.97. The molecule has 0 radical (unpaired) electrons. The largest absolute Gasteiger partial charge is 0.343 e. The number of halogens is 1. The summed E-state index contributed by atoms with van der Waals surface area (Å²) in [6, 6.07) is 6.81. The lowest BCUT2D eigenvalue weighted by molar-refractivity contribution is -0.138. The predicted octanol–water partition coefficient (Wildman–Crippen LogP) is 0.965. The fraction of sp³-hybridized carbons (Fsp3) is 0.375. The molecule has 7 nitrogen and oxygen atoms in total. The number of urea groups is 1. The van der Waals surface area contributed by atoms with Crippen molar-refractivity contribution in [2.24, 2.45) is 0 Å². The minimum Gasteiger partial charge on any atom is -0.343 e. The standard InChI is InChI=1S/C16H17FN4O3/c1-16(11-6-3-4-7-12(11)17)14(23)21(15(24)19-16)10-13(22)20(2)9-5-8-18/h3-4,6-7H,5,9-10H2,1-2H3,(H,19,24)/t16-/m0/s1. The van der Waals surface area contributed by atoms with E-state index in [1.807, 2.05) is 6.07 Å². The molecule has 4 amide bonds. The smallest absolute Gasteiger partial charge is 0.325 e. The third kappa shape index (κ3) is 3.06. The SMILES string of the molecule is CN(CCC#N)C(=O)CN1C(=O)N[C@@](C)(c2ccccc2F)C1=O. The van der Waals surface area contributed by atoms with Gasteiger partial charge in [-0.1, -0.05) is 18.2 Å². The Morgan fingerprint density at radius 3 is 2.71 bits per heavy atom. The van der Waals surface area contributed by atoms with E-state index in [1.54, 1.807) is 6.07 Å². The first-order chi connectivity index (χ1) is 11.3. The first-order valence-corrected chi connectivity index (χ1v) is 7.31. The van der Waals surface area contributed by atoms with Gasteiger partial charge in [0.25, 0.3) is 5.91 Å². The predicted molar refractivity (Wildman–Crippen MR) is 81.9 cm³/mol. The van der Waals surface area contributed by atoms with Crippen LogP contribution in [0.15, 0.2) is 24.3 Å². The van der Waals surface area contributed by atoms with Crippen molar-refractivity contribution >= 4 is 17.8 Å². The molecule has 0 aromatic heterocycles. The van der Waals surface area contributed by atoms with Crippen LogP contribution in [-0.4, -0.2) is 47.8 Å². The van der Waals surface area contributed by atoms with Crippen molar-refractivity contribution in [1.29, 1.82) is 5.26 Å². The molecule has 24 heavy (non-hydrogen) atoms.